The van der Waals surface area contributed by atoms with Crippen molar-refractivity contribution in [1.29, 1.82) is 0 Å². The molecule has 0 aliphatic heterocycles. The Hall–Kier alpha value is -3.41. The van der Waals surface area contributed by atoms with Gasteiger partial charge in [-0.1, -0.05) is 18.2 Å². The molecule has 1 heterocycles. The molecule has 3 rings (SSSR count). The number of pyridine rings is 1. The van der Waals surface area contributed by atoms with E-state index >= 15 is 0 Å². The summed E-state index contributed by atoms with van der Waals surface area (Å²) in [4.78, 5) is 29.3. The van der Waals surface area contributed by atoms with Crippen LogP contribution in [0.25, 0.3) is 22.2 Å². The van der Waals surface area contributed by atoms with E-state index in [1.165, 1.54) is 0 Å². The molecule has 0 aliphatic rings. The molecule has 3 aromatic rings. The number of aromatic nitrogens is 1. The number of fused-ring (bicyclic) bond motifs is 1. The monoisotopic (exact) mass is 378 g/mol. The predicted octanol–water partition coefficient (Wildman–Crippen LogP) is 3.51. The van der Waals surface area contributed by atoms with Gasteiger partial charge in [-0.2, -0.15) is 0 Å². The minimum atomic E-state index is -0.470. The fourth-order valence-electron chi connectivity index (χ4n) is 3.08. The van der Waals surface area contributed by atoms with Crippen molar-refractivity contribution >= 4 is 22.8 Å². The second kappa shape index (κ2) is 8.52. The number of carbonyl (C=O) groups is 2. The van der Waals surface area contributed by atoms with Gasteiger partial charge in [-0.3, -0.25) is 9.59 Å². The smallest absolute Gasteiger partial charge is 0.325 e. The molecule has 6 heteroatoms. The molecule has 2 aromatic carbocycles. The first-order valence-corrected chi connectivity index (χ1v) is 9.02. The lowest BCUT2D eigenvalue weighted by Crippen LogP contribution is -2.31. The molecule has 0 unspecified atom stereocenters. The summed E-state index contributed by atoms with van der Waals surface area (Å²) < 4.78 is 10.1. The van der Waals surface area contributed by atoms with Crippen LogP contribution in [0.3, 0.4) is 0 Å². The maximum atomic E-state index is 12.9. The Morgan fingerprint density at radius 3 is 2.46 bits per heavy atom. The van der Waals surface area contributed by atoms with Gasteiger partial charge < -0.3 is 14.8 Å². The number of nitrogens with zero attached hydrogens (tertiary/aromatic N) is 1. The summed E-state index contributed by atoms with van der Waals surface area (Å²) in [5.41, 5.74) is 3.54. The molecule has 6 nitrogen and oxygen atoms in total. The number of rotatable bonds is 6. The van der Waals surface area contributed by atoms with E-state index in [0.717, 1.165) is 22.3 Å². The Kier molecular flexibility index (Phi) is 5.89. The highest BCUT2D eigenvalue weighted by Gasteiger charge is 2.19. The molecule has 1 aromatic heterocycles. The lowest BCUT2D eigenvalue weighted by molar-refractivity contribution is -0.141. The summed E-state index contributed by atoms with van der Waals surface area (Å²) in [6, 6.07) is 15.0. The minimum absolute atomic E-state index is 0.180. The lowest BCUT2D eigenvalue weighted by atomic mass is 9.97. The first kappa shape index (κ1) is 19.4. The number of esters is 1. The average molecular weight is 378 g/mol. The molecule has 1 amide bonds. The van der Waals surface area contributed by atoms with Gasteiger partial charge in [0.1, 0.15) is 12.3 Å². The Morgan fingerprint density at radius 1 is 1.07 bits per heavy atom. The molecule has 0 atom stereocenters. The third-order valence-electron chi connectivity index (χ3n) is 4.42. The van der Waals surface area contributed by atoms with E-state index in [4.69, 9.17) is 14.5 Å². The maximum absolute atomic E-state index is 12.9. The van der Waals surface area contributed by atoms with Crippen molar-refractivity contribution in [1.82, 2.24) is 10.3 Å². The molecule has 0 radical (unpaired) electrons. The molecule has 1 N–H and O–H groups in total. The van der Waals surface area contributed by atoms with Gasteiger partial charge in [-0.25, -0.2) is 4.98 Å². The van der Waals surface area contributed by atoms with Crippen molar-refractivity contribution in [2.75, 3.05) is 20.3 Å². The molecule has 28 heavy (non-hydrogen) atoms. The number of hydrogen-bond acceptors (Lipinski definition) is 5. The number of carbonyl (C=O) groups excluding carboxylic acids is 2. The van der Waals surface area contributed by atoms with E-state index in [9.17, 15) is 9.59 Å². The Bertz CT molecular complexity index is 1010. The molecule has 0 spiro atoms. The van der Waals surface area contributed by atoms with E-state index in [1.54, 1.807) is 14.0 Å². The van der Waals surface area contributed by atoms with Gasteiger partial charge in [0.25, 0.3) is 5.91 Å². The van der Waals surface area contributed by atoms with E-state index in [0.29, 0.717) is 16.8 Å². The quantitative estimate of drug-likeness (QED) is 0.664. The van der Waals surface area contributed by atoms with Gasteiger partial charge in [0, 0.05) is 10.9 Å². The summed E-state index contributed by atoms with van der Waals surface area (Å²) in [6.07, 6.45) is 0. The van der Waals surface area contributed by atoms with Gasteiger partial charge in [0.05, 0.1) is 30.5 Å². The lowest BCUT2D eigenvalue weighted by Gasteiger charge is -2.15. The fourth-order valence-corrected chi connectivity index (χ4v) is 3.08. The van der Waals surface area contributed by atoms with E-state index in [2.05, 4.69) is 5.32 Å². The summed E-state index contributed by atoms with van der Waals surface area (Å²) in [7, 11) is 1.61. The highest BCUT2D eigenvalue weighted by molar-refractivity contribution is 6.09. The summed E-state index contributed by atoms with van der Waals surface area (Å²) in [5.74, 6) is -0.0595. The highest BCUT2D eigenvalue weighted by Crippen LogP contribution is 2.30. The summed E-state index contributed by atoms with van der Waals surface area (Å²) in [5, 5.41) is 3.39. The van der Waals surface area contributed by atoms with Crippen molar-refractivity contribution in [2.45, 2.75) is 13.8 Å². The topological polar surface area (TPSA) is 77.5 Å². The van der Waals surface area contributed by atoms with E-state index in [-0.39, 0.29) is 19.1 Å². The third kappa shape index (κ3) is 3.96. The van der Waals surface area contributed by atoms with Crippen LogP contribution in [0.5, 0.6) is 5.75 Å². The van der Waals surface area contributed by atoms with Crippen molar-refractivity contribution in [3.8, 4) is 17.0 Å². The number of nitrogens with one attached hydrogen (secondary N) is 1. The van der Waals surface area contributed by atoms with Crippen LogP contribution in [0, 0.1) is 6.92 Å². The van der Waals surface area contributed by atoms with Crippen LogP contribution in [0.15, 0.2) is 48.5 Å². The molecule has 0 aliphatic carbocycles. The molecular formula is C22H22N2O4. The van der Waals surface area contributed by atoms with Crippen molar-refractivity contribution < 1.29 is 19.1 Å². The van der Waals surface area contributed by atoms with Gasteiger partial charge in [0.2, 0.25) is 0 Å². The largest absolute Gasteiger partial charge is 0.497 e. The third-order valence-corrected chi connectivity index (χ3v) is 4.42. The zero-order valence-electron chi connectivity index (χ0n) is 16.1. The standard InChI is InChI=1S/C22H22N2O4/c1-4-28-19(25)13-23-22(26)20-14(2)21(15-9-11-16(27-3)12-10-15)24-18-8-6-5-7-17(18)20/h5-12H,4,13H2,1-3H3,(H,23,26). The second-order valence-electron chi connectivity index (χ2n) is 6.19. The van der Waals surface area contributed by atoms with E-state index < -0.39 is 5.97 Å². The Morgan fingerprint density at radius 2 is 1.79 bits per heavy atom. The van der Waals surface area contributed by atoms with Gasteiger partial charge in [-0.15, -0.1) is 0 Å². The molecule has 0 saturated heterocycles. The predicted molar refractivity (Wildman–Crippen MR) is 107 cm³/mol. The van der Waals surface area contributed by atoms with Crippen molar-refractivity contribution in [2.24, 2.45) is 0 Å². The normalized spacial score (nSPS) is 10.5. The number of ether oxygens (including phenoxy) is 2. The highest BCUT2D eigenvalue weighted by atomic mass is 16.5. The number of amides is 1. The number of para-hydroxylation sites is 1. The fraction of sp³-hybridized carbons (Fsp3) is 0.227. The van der Waals surface area contributed by atoms with Crippen molar-refractivity contribution in [3.63, 3.8) is 0 Å². The number of methoxy groups -OCH3 is 1. The van der Waals surface area contributed by atoms with Crippen LogP contribution in [-0.4, -0.2) is 37.1 Å². The van der Waals surface area contributed by atoms with E-state index in [1.807, 2.05) is 55.5 Å². The molecular weight excluding hydrogens is 356 g/mol. The van der Waals surface area contributed by atoms with Crippen LogP contribution in [0.1, 0.15) is 22.8 Å². The van der Waals surface area contributed by atoms with Crippen LogP contribution >= 0.6 is 0 Å². The number of benzene rings is 2. The summed E-state index contributed by atoms with van der Waals surface area (Å²) in [6.45, 7) is 3.67. The van der Waals surface area contributed by atoms with Crippen LogP contribution in [-0.2, 0) is 9.53 Å². The molecule has 0 saturated carbocycles. The molecule has 144 valence electrons. The van der Waals surface area contributed by atoms with Gasteiger partial charge in [-0.05, 0) is 49.7 Å². The Balaban J connectivity index is 2.06. The zero-order chi connectivity index (χ0) is 20.1. The second-order valence-corrected chi connectivity index (χ2v) is 6.19. The van der Waals surface area contributed by atoms with Gasteiger partial charge >= 0.3 is 5.97 Å². The average Bonchev–Trinajstić information content (AvgIpc) is 2.72. The van der Waals surface area contributed by atoms with Crippen LogP contribution in [0.2, 0.25) is 0 Å². The Labute approximate surface area is 163 Å². The first-order chi connectivity index (χ1) is 13.5. The first-order valence-electron chi connectivity index (χ1n) is 9.02. The van der Waals surface area contributed by atoms with Crippen molar-refractivity contribution in [3.05, 3.63) is 59.7 Å². The maximum Gasteiger partial charge on any atom is 0.325 e. The SMILES string of the molecule is CCOC(=O)CNC(=O)c1c(C)c(-c2ccc(OC)cc2)nc2ccccc12. The number of hydrogen-bond donors (Lipinski definition) is 1. The zero-order valence-corrected chi connectivity index (χ0v) is 16.1. The van der Waals surface area contributed by atoms with Crippen LogP contribution < -0.4 is 10.1 Å². The summed E-state index contributed by atoms with van der Waals surface area (Å²) >= 11 is 0. The minimum Gasteiger partial charge on any atom is -0.497 e. The van der Waals surface area contributed by atoms with Gasteiger partial charge in [0.15, 0.2) is 0 Å². The molecule has 0 bridgehead atoms. The van der Waals surface area contributed by atoms with Crippen LogP contribution in [0.4, 0.5) is 0 Å². The molecule has 0 fully saturated rings.